The normalized spacial score (nSPS) is 28.8. The number of hydrogen-bond donors (Lipinski definition) is 3. The zero-order valence-electron chi connectivity index (χ0n) is 14.4. The SMILES string of the molecule is CC1(C)O[C@H]2[C@H](O1)[C@@H](CS)O[C@H]2n1cnc2c(NC(=O)O)nc(C#N)nc21. The Bertz CT molecular complexity index is 956. The second-order valence-electron chi connectivity index (χ2n) is 6.57. The van der Waals surface area contributed by atoms with Gasteiger partial charge in [0, 0.05) is 5.75 Å². The smallest absolute Gasteiger partial charge is 0.410 e. The Morgan fingerprint density at radius 2 is 2.19 bits per heavy atom. The van der Waals surface area contributed by atoms with Crippen LogP contribution in [0.1, 0.15) is 25.9 Å². The van der Waals surface area contributed by atoms with Crippen LogP contribution in [-0.2, 0) is 14.2 Å². The summed E-state index contributed by atoms with van der Waals surface area (Å²) in [5, 5.41) is 20.3. The highest BCUT2D eigenvalue weighted by Gasteiger charge is 2.55. The van der Waals surface area contributed by atoms with Crippen LogP contribution in [0.3, 0.4) is 0 Å². The van der Waals surface area contributed by atoms with E-state index < -0.39 is 24.2 Å². The van der Waals surface area contributed by atoms with Crippen molar-refractivity contribution in [3.8, 4) is 6.07 Å². The summed E-state index contributed by atoms with van der Waals surface area (Å²) in [4.78, 5) is 23.3. The van der Waals surface area contributed by atoms with E-state index in [1.165, 1.54) is 6.33 Å². The number of nitriles is 1. The zero-order chi connectivity index (χ0) is 19.3. The third kappa shape index (κ3) is 2.98. The molecule has 4 heterocycles. The van der Waals surface area contributed by atoms with Crippen LogP contribution in [0.25, 0.3) is 11.2 Å². The molecule has 2 N–H and O–H groups in total. The molecule has 0 saturated carbocycles. The summed E-state index contributed by atoms with van der Waals surface area (Å²) in [7, 11) is 0. The Labute approximate surface area is 158 Å². The molecular weight excluding hydrogens is 376 g/mol. The van der Waals surface area contributed by atoms with Gasteiger partial charge in [0.05, 0.1) is 12.4 Å². The second-order valence-corrected chi connectivity index (χ2v) is 6.94. The number of amides is 1. The molecule has 11 nitrogen and oxygen atoms in total. The van der Waals surface area contributed by atoms with Crippen LogP contribution in [-0.4, -0.2) is 60.6 Å². The van der Waals surface area contributed by atoms with E-state index in [9.17, 15) is 10.1 Å². The molecule has 0 spiro atoms. The minimum atomic E-state index is -1.32. The molecule has 2 aromatic rings. The lowest BCUT2D eigenvalue weighted by Gasteiger charge is -2.24. The highest BCUT2D eigenvalue weighted by atomic mass is 32.1. The van der Waals surface area contributed by atoms with Crippen molar-refractivity contribution in [2.45, 2.75) is 44.2 Å². The van der Waals surface area contributed by atoms with E-state index in [-0.39, 0.29) is 35.0 Å². The summed E-state index contributed by atoms with van der Waals surface area (Å²) in [6.07, 6.45) is -1.57. The van der Waals surface area contributed by atoms with E-state index in [1.807, 2.05) is 19.9 Å². The molecule has 12 heteroatoms. The standard InChI is InChI=1S/C15H16N6O5S/c1-15(2)25-9-6(4-27)24-13(10(9)26-15)21-5-17-8-11(20-14(22)23)18-7(3-16)19-12(8)21/h5-6,9-10,13,27H,4H2,1-2H3,(H,22,23)(H,18,19,20)/t6-,9-,10+,13-/m1/s1. The maximum absolute atomic E-state index is 11.0. The molecule has 2 aromatic heterocycles. The first-order valence-electron chi connectivity index (χ1n) is 8.09. The maximum atomic E-state index is 11.0. The highest BCUT2D eigenvalue weighted by Crippen LogP contribution is 2.44. The number of fused-ring (bicyclic) bond motifs is 2. The fourth-order valence-corrected chi connectivity index (χ4v) is 3.67. The minimum Gasteiger partial charge on any atom is -0.465 e. The third-order valence-corrected chi connectivity index (χ3v) is 4.69. The lowest BCUT2D eigenvalue weighted by Crippen LogP contribution is -2.30. The summed E-state index contributed by atoms with van der Waals surface area (Å²) in [6.45, 7) is 3.63. The molecule has 0 unspecified atom stereocenters. The molecule has 142 valence electrons. The van der Waals surface area contributed by atoms with Crippen LogP contribution in [0.5, 0.6) is 0 Å². The average molecular weight is 392 g/mol. The summed E-state index contributed by atoms with van der Waals surface area (Å²) >= 11 is 4.32. The van der Waals surface area contributed by atoms with Gasteiger partial charge in [0.1, 0.15) is 18.3 Å². The third-order valence-electron chi connectivity index (χ3n) is 4.33. The Hall–Kier alpha value is -2.46. The van der Waals surface area contributed by atoms with Gasteiger partial charge in [-0.15, -0.1) is 0 Å². The predicted molar refractivity (Wildman–Crippen MR) is 93.3 cm³/mol. The van der Waals surface area contributed by atoms with Gasteiger partial charge in [-0.25, -0.2) is 9.78 Å². The van der Waals surface area contributed by atoms with Gasteiger partial charge in [0.2, 0.25) is 5.82 Å². The Morgan fingerprint density at radius 1 is 1.44 bits per heavy atom. The van der Waals surface area contributed by atoms with Crippen molar-refractivity contribution < 1.29 is 24.1 Å². The van der Waals surface area contributed by atoms with Gasteiger partial charge in [-0.05, 0) is 13.8 Å². The molecule has 1 amide bonds. The molecular formula is C15H16N6O5S. The van der Waals surface area contributed by atoms with Gasteiger partial charge < -0.3 is 19.3 Å². The molecule has 0 bridgehead atoms. The van der Waals surface area contributed by atoms with Crippen molar-refractivity contribution in [2.24, 2.45) is 0 Å². The lowest BCUT2D eigenvalue weighted by molar-refractivity contribution is -0.193. The van der Waals surface area contributed by atoms with Crippen molar-refractivity contribution in [3.63, 3.8) is 0 Å². The van der Waals surface area contributed by atoms with Crippen molar-refractivity contribution >= 4 is 35.7 Å². The number of nitrogens with one attached hydrogen (secondary N) is 1. The number of ether oxygens (including phenoxy) is 3. The fraction of sp³-hybridized carbons (Fsp3) is 0.533. The van der Waals surface area contributed by atoms with Crippen LogP contribution >= 0.6 is 12.6 Å². The molecule has 27 heavy (non-hydrogen) atoms. The van der Waals surface area contributed by atoms with Crippen molar-refractivity contribution in [2.75, 3.05) is 11.1 Å². The van der Waals surface area contributed by atoms with Gasteiger partial charge in [-0.1, -0.05) is 0 Å². The van der Waals surface area contributed by atoms with Crippen molar-refractivity contribution in [3.05, 3.63) is 12.2 Å². The van der Waals surface area contributed by atoms with E-state index in [0.29, 0.717) is 5.75 Å². The Morgan fingerprint density at radius 3 is 2.85 bits per heavy atom. The summed E-state index contributed by atoms with van der Waals surface area (Å²) in [5.41, 5.74) is 0.450. The lowest BCUT2D eigenvalue weighted by atomic mass is 10.1. The molecule has 4 rings (SSSR count). The number of thiol groups is 1. The molecule has 2 fully saturated rings. The van der Waals surface area contributed by atoms with E-state index in [4.69, 9.17) is 19.3 Å². The fourth-order valence-electron chi connectivity index (χ4n) is 3.37. The monoisotopic (exact) mass is 392 g/mol. The quantitative estimate of drug-likeness (QED) is 0.655. The summed E-state index contributed by atoms with van der Waals surface area (Å²) in [6, 6.07) is 1.81. The van der Waals surface area contributed by atoms with E-state index in [0.717, 1.165) is 0 Å². The second kappa shape index (κ2) is 6.31. The molecule has 0 aliphatic carbocycles. The number of carbonyl (C=O) groups is 1. The number of imidazole rings is 1. The first-order chi connectivity index (χ1) is 12.8. The van der Waals surface area contributed by atoms with Gasteiger partial charge in [-0.3, -0.25) is 9.88 Å². The van der Waals surface area contributed by atoms with Gasteiger partial charge in [0.25, 0.3) is 0 Å². The van der Waals surface area contributed by atoms with Crippen LogP contribution < -0.4 is 5.32 Å². The van der Waals surface area contributed by atoms with Gasteiger partial charge in [0.15, 0.2) is 29.0 Å². The van der Waals surface area contributed by atoms with Crippen molar-refractivity contribution in [1.29, 1.82) is 5.26 Å². The van der Waals surface area contributed by atoms with E-state index >= 15 is 0 Å². The largest absolute Gasteiger partial charge is 0.465 e. The summed E-state index contributed by atoms with van der Waals surface area (Å²) < 4.78 is 19.6. The topological polar surface area (TPSA) is 144 Å². The molecule has 0 radical (unpaired) electrons. The number of anilines is 1. The number of aromatic nitrogens is 4. The van der Waals surface area contributed by atoms with E-state index in [1.54, 1.807) is 4.57 Å². The Balaban J connectivity index is 1.80. The first-order valence-corrected chi connectivity index (χ1v) is 8.73. The van der Waals surface area contributed by atoms with Crippen LogP contribution in [0.4, 0.5) is 10.6 Å². The number of rotatable bonds is 3. The molecule has 2 aliphatic heterocycles. The molecule has 2 aliphatic rings. The van der Waals surface area contributed by atoms with Gasteiger partial charge in [-0.2, -0.15) is 27.9 Å². The Kier molecular flexibility index (Phi) is 4.19. The maximum Gasteiger partial charge on any atom is 0.410 e. The number of nitrogens with zero attached hydrogens (tertiary/aromatic N) is 5. The van der Waals surface area contributed by atoms with Gasteiger partial charge >= 0.3 is 6.09 Å². The predicted octanol–water partition coefficient (Wildman–Crippen LogP) is 1.14. The van der Waals surface area contributed by atoms with Crippen LogP contribution in [0.2, 0.25) is 0 Å². The average Bonchev–Trinajstić information content (AvgIpc) is 3.24. The van der Waals surface area contributed by atoms with Crippen LogP contribution in [0, 0.1) is 11.3 Å². The molecule has 4 atom stereocenters. The molecule has 0 aromatic carbocycles. The van der Waals surface area contributed by atoms with Crippen LogP contribution in [0.15, 0.2) is 6.33 Å². The summed E-state index contributed by atoms with van der Waals surface area (Å²) in [5.74, 6) is -0.629. The van der Waals surface area contributed by atoms with E-state index in [2.05, 4.69) is 32.9 Å². The van der Waals surface area contributed by atoms with Crippen molar-refractivity contribution in [1.82, 2.24) is 19.5 Å². The highest BCUT2D eigenvalue weighted by molar-refractivity contribution is 7.80. The zero-order valence-corrected chi connectivity index (χ0v) is 15.3. The molecule has 2 saturated heterocycles. The minimum absolute atomic E-state index is 0.0768. The first kappa shape index (κ1) is 17.9. The number of carboxylic acid groups (broad SMARTS) is 1. The number of hydrogen-bond acceptors (Lipinski definition) is 9.